The number of amides is 3. The van der Waals surface area contributed by atoms with Crippen LogP contribution in [0.4, 0.5) is 0 Å². The van der Waals surface area contributed by atoms with Crippen LogP contribution in [-0.2, 0) is 32.0 Å². The maximum absolute atomic E-state index is 13.1. The zero-order chi connectivity index (χ0) is 27.8. The molecule has 0 aliphatic heterocycles. The highest BCUT2D eigenvalue weighted by Gasteiger charge is 2.32. The van der Waals surface area contributed by atoms with Gasteiger partial charge in [0.1, 0.15) is 18.1 Å². The molecule has 2 aromatic heterocycles. The Morgan fingerprint density at radius 1 is 1.03 bits per heavy atom. The number of aliphatic hydroxyl groups is 1. The number of nitrogens with two attached hydrogens (primary N) is 1. The smallest absolute Gasteiger partial charge is 0.327 e. The summed E-state index contributed by atoms with van der Waals surface area (Å²) in [5.74, 6) is -3.79. The summed E-state index contributed by atoms with van der Waals surface area (Å²) in [5, 5.41) is 27.7. The summed E-state index contributed by atoms with van der Waals surface area (Å²) >= 11 is 3.93. The van der Waals surface area contributed by atoms with Crippen LogP contribution in [0.3, 0.4) is 0 Å². The van der Waals surface area contributed by atoms with Crippen molar-refractivity contribution >= 4 is 47.2 Å². The summed E-state index contributed by atoms with van der Waals surface area (Å²) in [4.78, 5) is 59.9. The lowest BCUT2D eigenvalue weighted by Crippen LogP contribution is -2.60. The molecule has 14 heteroatoms. The lowest BCUT2D eigenvalue weighted by atomic mass is 10.0. The van der Waals surface area contributed by atoms with E-state index in [2.05, 4.69) is 43.5 Å². The zero-order valence-electron chi connectivity index (χ0n) is 20.5. The van der Waals surface area contributed by atoms with Gasteiger partial charge in [0.05, 0.1) is 18.5 Å². The third kappa shape index (κ3) is 7.34. The molecule has 204 valence electrons. The maximum atomic E-state index is 13.1. The zero-order valence-corrected chi connectivity index (χ0v) is 21.4. The minimum absolute atomic E-state index is 0.0585. The Morgan fingerprint density at radius 2 is 1.74 bits per heavy atom. The number of carbonyl (C=O) groups is 4. The molecule has 1 aromatic carbocycles. The largest absolute Gasteiger partial charge is 0.480 e. The Kier molecular flexibility index (Phi) is 9.87. The number of hydrogen-bond acceptors (Lipinski definition) is 8. The number of H-pyrrole nitrogens is 2. The number of carboxylic acids is 1. The summed E-state index contributed by atoms with van der Waals surface area (Å²) < 4.78 is 0. The van der Waals surface area contributed by atoms with Gasteiger partial charge in [0.25, 0.3) is 0 Å². The molecular formula is C24H31N7O6S. The standard InChI is InChI=1S/C24H31N7O6S/c1-12(32)20(31-21(33)16(25)6-13-8-27-17-5-3-2-4-15(13)17)23(35)29-18(7-14-9-26-11-28-14)22(34)30-19(10-38)24(36)37/h2-5,8-9,11-12,16,18-20,27,32,38H,6-7,10,25H2,1H3,(H,26,28)(H,29,35)(H,30,34)(H,31,33)(H,36,37). The van der Waals surface area contributed by atoms with Crippen LogP contribution >= 0.6 is 12.6 Å². The van der Waals surface area contributed by atoms with E-state index in [-0.39, 0.29) is 18.6 Å². The summed E-state index contributed by atoms with van der Waals surface area (Å²) in [6.07, 6.45) is 3.36. The number of hydrogen-bond donors (Lipinski definition) is 9. The topological polar surface area (TPSA) is 215 Å². The highest BCUT2D eigenvalue weighted by Crippen LogP contribution is 2.18. The van der Waals surface area contributed by atoms with E-state index < -0.39 is 54.0 Å². The van der Waals surface area contributed by atoms with Crippen molar-refractivity contribution in [3.05, 3.63) is 54.2 Å². The molecular weight excluding hydrogens is 514 g/mol. The van der Waals surface area contributed by atoms with Gasteiger partial charge in [-0.2, -0.15) is 12.6 Å². The molecule has 38 heavy (non-hydrogen) atoms. The van der Waals surface area contributed by atoms with Gasteiger partial charge in [-0.05, 0) is 25.0 Å². The van der Waals surface area contributed by atoms with Gasteiger partial charge in [0, 0.05) is 41.2 Å². The third-order valence-electron chi connectivity index (χ3n) is 5.92. The summed E-state index contributed by atoms with van der Waals surface area (Å²) in [6.45, 7) is 1.31. The number of aromatic amines is 2. The molecule has 0 bridgehead atoms. The van der Waals surface area contributed by atoms with E-state index in [0.717, 1.165) is 16.5 Å². The highest BCUT2D eigenvalue weighted by atomic mass is 32.1. The molecule has 3 amide bonds. The monoisotopic (exact) mass is 545 g/mol. The number of rotatable bonds is 13. The predicted molar refractivity (Wildman–Crippen MR) is 141 cm³/mol. The Hall–Kier alpha value is -3.88. The molecule has 0 fully saturated rings. The van der Waals surface area contributed by atoms with E-state index in [1.54, 1.807) is 6.20 Å². The SMILES string of the molecule is CC(O)C(NC(=O)C(N)Cc1c[nH]c2ccccc12)C(=O)NC(Cc1cnc[nH]1)C(=O)NC(CS)C(=O)O. The lowest BCUT2D eigenvalue weighted by Gasteiger charge is -2.26. The van der Waals surface area contributed by atoms with Crippen LogP contribution in [-0.4, -0.2) is 84.9 Å². The molecule has 0 aliphatic rings. The quantitative estimate of drug-likeness (QED) is 0.119. The van der Waals surface area contributed by atoms with Crippen LogP contribution in [0.1, 0.15) is 18.2 Å². The first-order chi connectivity index (χ1) is 18.1. The van der Waals surface area contributed by atoms with E-state index in [4.69, 9.17) is 5.73 Å². The first-order valence-corrected chi connectivity index (χ1v) is 12.4. The van der Waals surface area contributed by atoms with E-state index in [1.165, 1.54) is 19.4 Å². The first-order valence-electron chi connectivity index (χ1n) is 11.8. The molecule has 2 heterocycles. The number of thiol groups is 1. The van der Waals surface area contributed by atoms with Gasteiger partial charge < -0.3 is 41.9 Å². The number of aliphatic hydroxyl groups excluding tert-OH is 1. The van der Waals surface area contributed by atoms with E-state index in [0.29, 0.717) is 5.69 Å². The Balaban J connectivity index is 1.70. The lowest BCUT2D eigenvalue weighted by molar-refractivity contribution is -0.141. The fourth-order valence-corrected chi connectivity index (χ4v) is 4.09. The van der Waals surface area contributed by atoms with Crippen LogP contribution in [0.2, 0.25) is 0 Å². The second-order valence-electron chi connectivity index (χ2n) is 8.82. The number of aromatic nitrogens is 3. The van der Waals surface area contributed by atoms with E-state index >= 15 is 0 Å². The minimum atomic E-state index is -1.44. The van der Waals surface area contributed by atoms with E-state index in [1.807, 2.05) is 24.3 Å². The Labute approximate surface area is 223 Å². The molecule has 0 aliphatic carbocycles. The Bertz CT molecular complexity index is 1260. The van der Waals surface area contributed by atoms with Crippen LogP contribution in [0.15, 0.2) is 43.0 Å². The highest BCUT2D eigenvalue weighted by molar-refractivity contribution is 7.80. The molecule has 9 N–H and O–H groups in total. The number of nitrogens with zero attached hydrogens (tertiary/aromatic N) is 1. The summed E-state index contributed by atoms with van der Waals surface area (Å²) in [5.41, 5.74) is 8.30. The number of imidazole rings is 1. The average Bonchev–Trinajstić information content (AvgIpc) is 3.54. The van der Waals surface area contributed by atoms with Crippen LogP contribution in [0, 0.1) is 0 Å². The normalized spacial score (nSPS) is 15.2. The molecule has 0 saturated heterocycles. The second kappa shape index (κ2) is 13.1. The summed E-state index contributed by atoms with van der Waals surface area (Å²) in [7, 11) is 0. The number of carboxylic acid groups (broad SMARTS) is 1. The van der Waals surface area contributed by atoms with Crippen LogP contribution in [0.25, 0.3) is 10.9 Å². The number of nitrogens with one attached hydrogen (secondary N) is 5. The fraction of sp³-hybridized carbons (Fsp3) is 0.375. The van der Waals surface area contributed by atoms with Crippen molar-refractivity contribution < 1.29 is 29.4 Å². The number of carbonyl (C=O) groups excluding carboxylic acids is 3. The molecule has 13 nitrogen and oxygen atoms in total. The van der Waals surface area contributed by atoms with Gasteiger partial charge in [-0.15, -0.1) is 0 Å². The van der Waals surface area contributed by atoms with Crippen molar-refractivity contribution in [2.24, 2.45) is 5.73 Å². The molecule has 0 radical (unpaired) electrons. The number of fused-ring (bicyclic) bond motifs is 1. The third-order valence-corrected chi connectivity index (χ3v) is 6.29. The van der Waals surface area contributed by atoms with Crippen molar-refractivity contribution in [1.82, 2.24) is 30.9 Å². The molecule has 3 aromatic rings. The molecule has 0 saturated carbocycles. The fourth-order valence-electron chi connectivity index (χ4n) is 3.84. The minimum Gasteiger partial charge on any atom is -0.480 e. The summed E-state index contributed by atoms with van der Waals surface area (Å²) in [6, 6.07) is 2.52. The van der Waals surface area contributed by atoms with Gasteiger partial charge in [-0.1, -0.05) is 18.2 Å². The molecule has 3 rings (SSSR count). The van der Waals surface area contributed by atoms with Crippen LogP contribution in [0.5, 0.6) is 0 Å². The second-order valence-corrected chi connectivity index (χ2v) is 9.19. The predicted octanol–water partition coefficient (Wildman–Crippen LogP) is -1.15. The van der Waals surface area contributed by atoms with Gasteiger partial charge in [0.2, 0.25) is 17.7 Å². The first kappa shape index (κ1) is 28.7. The van der Waals surface area contributed by atoms with Crippen molar-refractivity contribution in [2.75, 3.05) is 5.75 Å². The number of aliphatic carboxylic acids is 1. The van der Waals surface area contributed by atoms with Crippen molar-refractivity contribution in [3.8, 4) is 0 Å². The van der Waals surface area contributed by atoms with Gasteiger partial charge in [-0.3, -0.25) is 14.4 Å². The van der Waals surface area contributed by atoms with Crippen LogP contribution < -0.4 is 21.7 Å². The van der Waals surface area contributed by atoms with Gasteiger partial charge >= 0.3 is 5.97 Å². The molecule has 5 unspecified atom stereocenters. The van der Waals surface area contributed by atoms with Crippen molar-refractivity contribution in [3.63, 3.8) is 0 Å². The number of benzene rings is 1. The van der Waals surface area contributed by atoms with Crippen molar-refractivity contribution in [1.29, 1.82) is 0 Å². The Morgan fingerprint density at radius 3 is 2.37 bits per heavy atom. The van der Waals surface area contributed by atoms with Gasteiger partial charge in [0.15, 0.2) is 0 Å². The van der Waals surface area contributed by atoms with E-state index in [9.17, 15) is 29.4 Å². The number of para-hydroxylation sites is 1. The maximum Gasteiger partial charge on any atom is 0.327 e. The van der Waals surface area contributed by atoms with Gasteiger partial charge in [-0.25, -0.2) is 9.78 Å². The average molecular weight is 546 g/mol. The molecule has 5 atom stereocenters. The van der Waals surface area contributed by atoms with Crippen molar-refractivity contribution in [2.45, 2.75) is 50.0 Å². The molecule has 0 spiro atoms.